The minimum absolute atomic E-state index is 0.206. The fourth-order valence-corrected chi connectivity index (χ4v) is 1.73. The number of anilines is 1. The highest BCUT2D eigenvalue weighted by Crippen LogP contribution is 2.32. The number of aryl methyl sites for hydroxylation is 1. The molecule has 1 heterocycles. The van der Waals surface area contributed by atoms with Gasteiger partial charge in [-0.3, -0.25) is 4.68 Å². The summed E-state index contributed by atoms with van der Waals surface area (Å²) < 4.78 is 15.0. The van der Waals surface area contributed by atoms with Gasteiger partial charge in [0.1, 0.15) is 10.8 Å². The lowest BCUT2D eigenvalue weighted by Gasteiger charge is -2.03. The van der Waals surface area contributed by atoms with Crippen LogP contribution in [0.15, 0.2) is 24.3 Å². The maximum Gasteiger partial charge on any atom is 0.164 e. The van der Waals surface area contributed by atoms with Gasteiger partial charge in [0, 0.05) is 12.6 Å². The summed E-state index contributed by atoms with van der Waals surface area (Å²) in [6, 6.07) is 6.36. The Bertz CT molecular complexity index is 507. The first-order valence-electron chi connectivity index (χ1n) is 4.34. The van der Waals surface area contributed by atoms with E-state index < -0.39 is 0 Å². The number of nitrogens with two attached hydrogens (primary N) is 1. The van der Waals surface area contributed by atoms with Gasteiger partial charge in [0.15, 0.2) is 5.82 Å². The van der Waals surface area contributed by atoms with Crippen molar-refractivity contribution in [2.75, 3.05) is 5.73 Å². The molecule has 2 aromatic rings. The van der Waals surface area contributed by atoms with Gasteiger partial charge in [0.05, 0.1) is 5.69 Å². The van der Waals surface area contributed by atoms with E-state index in [0.717, 1.165) is 0 Å². The molecule has 2 rings (SSSR count). The highest BCUT2D eigenvalue weighted by Gasteiger charge is 2.16. The Labute approximate surface area is 91.3 Å². The molecule has 1 aromatic heterocycles. The van der Waals surface area contributed by atoms with Crippen molar-refractivity contribution in [3.8, 4) is 11.3 Å². The zero-order valence-electron chi connectivity index (χ0n) is 8.04. The smallest absolute Gasteiger partial charge is 0.164 e. The molecule has 0 saturated heterocycles. The first-order valence-corrected chi connectivity index (χ1v) is 4.72. The number of nitrogen functional groups attached to an aromatic ring is 1. The predicted molar refractivity (Wildman–Crippen MR) is 58.0 cm³/mol. The summed E-state index contributed by atoms with van der Waals surface area (Å²) in [5.41, 5.74) is 6.43. The molecule has 0 aliphatic heterocycles. The van der Waals surface area contributed by atoms with E-state index in [2.05, 4.69) is 5.10 Å². The molecule has 0 spiro atoms. The molecule has 3 nitrogen and oxygen atoms in total. The number of hydrogen-bond acceptors (Lipinski definition) is 2. The molecule has 5 heteroatoms. The average Bonchev–Trinajstić information content (AvgIpc) is 2.43. The van der Waals surface area contributed by atoms with Crippen LogP contribution < -0.4 is 5.73 Å². The molecular weight excluding hydrogens is 217 g/mol. The third-order valence-corrected chi connectivity index (χ3v) is 2.52. The van der Waals surface area contributed by atoms with E-state index in [1.807, 2.05) is 0 Å². The molecular formula is C10H9ClFN3. The monoisotopic (exact) mass is 225 g/mol. The van der Waals surface area contributed by atoms with Crippen molar-refractivity contribution < 1.29 is 4.39 Å². The fraction of sp³-hybridized carbons (Fsp3) is 0.100. The van der Waals surface area contributed by atoms with Crippen LogP contribution in [-0.2, 0) is 7.05 Å². The molecule has 0 saturated carbocycles. The van der Waals surface area contributed by atoms with Crippen molar-refractivity contribution in [1.82, 2.24) is 9.78 Å². The molecule has 0 unspecified atom stereocenters. The van der Waals surface area contributed by atoms with Gasteiger partial charge in [-0.1, -0.05) is 23.7 Å². The fourth-order valence-electron chi connectivity index (χ4n) is 1.46. The summed E-state index contributed by atoms with van der Waals surface area (Å²) in [4.78, 5) is 0. The third-order valence-electron chi connectivity index (χ3n) is 2.14. The van der Waals surface area contributed by atoms with Crippen LogP contribution in [0.1, 0.15) is 0 Å². The highest BCUT2D eigenvalue weighted by molar-refractivity contribution is 6.35. The van der Waals surface area contributed by atoms with Crippen molar-refractivity contribution in [1.29, 1.82) is 0 Å². The van der Waals surface area contributed by atoms with Crippen LogP contribution in [0.2, 0.25) is 5.02 Å². The number of halogens is 2. The lowest BCUT2D eigenvalue weighted by molar-refractivity contribution is 0.628. The summed E-state index contributed by atoms with van der Waals surface area (Å²) in [6.07, 6.45) is 0. The largest absolute Gasteiger partial charge is 0.381 e. The molecule has 0 aliphatic carbocycles. The van der Waals surface area contributed by atoms with Gasteiger partial charge in [-0.15, -0.1) is 0 Å². The normalized spacial score (nSPS) is 10.6. The number of aromatic nitrogens is 2. The van der Waals surface area contributed by atoms with E-state index in [1.54, 1.807) is 25.2 Å². The Hall–Kier alpha value is -1.55. The van der Waals surface area contributed by atoms with Gasteiger partial charge in [0.2, 0.25) is 0 Å². The van der Waals surface area contributed by atoms with E-state index in [0.29, 0.717) is 11.3 Å². The van der Waals surface area contributed by atoms with Crippen LogP contribution in [-0.4, -0.2) is 9.78 Å². The zero-order chi connectivity index (χ0) is 11.0. The summed E-state index contributed by atoms with van der Waals surface area (Å²) in [6.45, 7) is 0. The van der Waals surface area contributed by atoms with Gasteiger partial charge in [0.25, 0.3) is 0 Å². The molecule has 0 fully saturated rings. The first kappa shape index (κ1) is 9.98. The zero-order valence-corrected chi connectivity index (χ0v) is 8.79. The lowest BCUT2D eigenvalue weighted by atomic mass is 10.1. The lowest BCUT2D eigenvalue weighted by Crippen LogP contribution is -1.96. The van der Waals surface area contributed by atoms with Gasteiger partial charge < -0.3 is 5.73 Å². The summed E-state index contributed by atoms with van der Waals surface area (Å²) in [7, 11) is 1.67. The van der Waals surface area contributed by atoms with Gasteiger partial charge in [-0.25, -0.2) is 4.39 Å². The Kier molecular flexibility index (Phi) is 2.36. The van der Waals surface area contributed by atoms with Gasteiger partial charge >= 0.3 is 0 Å². The van der Waals surface area contributed by atoms with Crippen molar-refractivity contribution in [2.45, 2.75) is 0 Å². The molecule has 0 amide bonds. The second-order valence-corrected chi connectivity index (χ2v) is 3.53. The van der Waals surface area contributed by atoms with Crippen LogP contribution >= 0.6 is 11.6 Å². The van der Waals surface area contributed by atoms with Crippen LogP contribution in [0.3, 0.4) is 0 Å². The second kappa shape index (κ2) is 3.55. The van der Waals surface area contributed by atoms with Crippen molar-refractivity contribution in [3.63, 3.8) is 0 Å². The number of hydrogen-bond donors (Lipinski definition) is 1. The summed E-state index contributed by atoms with van der Waals surface area (Å²) in [5.74, 6) is -0.139. The molecule has 15 heavy (non-hydrogen) atoms. The van der Waals surface area contributed by atoms with Crippen LogP contribution in [0.4, 0.5) is 10.2 Å². The Morgan fingerprint density at radius 3 is 2.60 bits per heavy atom. The molecule has 0 bridgehead atoms. The maximum absolute atomic E-state index is 13.5. The summed E-state index contributed by atoms with van der Waals surface area (Å²) >= 11 is 5.95. The number of nitrogens with zero attached hydrogens (tertiary/aromatic N) is 2. The van der Waals surface area contributed by atoms with Crippen molar-refractivity contribution in [3.05, 3.63) is 35.1 Å². The first-order chi connectivity index (χ1) is 7.11. The molecule has 1 aromatic carbocycles. The SMILES string of the molecule is Cn1nc(N)c(Cl)c1-c1ccccc1F. The van der Waals surface area contributed by atoms with Crippen LogP contribution in [0.25, 0.3) is 11.3 Å². The van der Waals surface area contributed by atoms with Gasteiger partial charge in [-0.2, -0.15) is 5.10 Å². The van der Waals surface area contributed by atoms with Crippen LogP contribution in [0, 0.1) is 5.82 Å². The van der Waals surface area contributed by atoms with E-state index in [-0.39, 0.29) is 16.7 Å². The minimum Gasteiger partial charge on any atom is -0.381 e. The van der Waals surface area contributed by atoms with Gasteiger partial charge in [-0.05, 0) is 12.1 Å². The molecule has 0 radical (unpaired) electrons. The third kappa shape index (κ3) is 1.57. The highest BCUT2D eigenvalue weighted by atomic mass is 35.5. The predicted octanol–water partition coefficient (Wildman–Crippen LogP) is 2.46. The topological polar surface area (TPSA) is 43.8 Å². The number of benzene rings is 1. The molecule has 78 valence electrons. The van der Waals surface area contributed by atoms with E-state index in [1.165, 1.54) is 10.7 Å². The Balaban J connectivity index is 2.69. The van der Waals surface area contributed by atoms with E-state index >= 15 is 0 Å². The maximum atomic E-state index is 13.5. The van der Waals surface area contributed by atoms with Crippen molar-refractivity contribution >= 4 is 17.4 Å². The van der Waals surface area contributed by atoms with Crippen LogP contribution in [0.5, 0.6) is 0 Å². The summed E-state index contributed by atoms with van der Waals surface area (Å²) in [5, 5.41) is 4.20. The molecule has 2 N–H and O–H groups in total. The molecule has 0 aliphatic rings. The Morgan fingerprint density at radius 2 is 2.07 bits per heavy atom. The van der Waals surface area contributed by atoms with E-state index in [4.69, 9.17) is 17.3 Å². The van der Waals surface area contributed by atoms with E-state index in [9.17, 15) is 4.39 Å². The minimum atomic E-state index is -0.345. The quantitative estimate of drug-likeness (QED) is 0.810. The molecule has 0 atom stereocenters. The standard InChI is InChI=1S/C10H9ClFN3/c1-15-9(8(11)10(13)14-15)6-4-2-3-5-7(6)12/h2-5H,1H3,(H2,13,14). The number of rotatable bonds is 1. The average molecular weight is 226 g/mol. The Morgan fingerprint density at radius 1 is 1.40 bits per heavy atom. The van der Waals surface area contributed by atoms with Crippen molar-refractivity contribution in [2.24, 2.45) is 7.05 Å². The second-order valence-electron chi connectivity index (χ2n) is 3.15.